The second-order valence-corrected chi connectivity index (χ2v) is 6.89. The molecule has 2 aromatic rings. The lowest BCUT2D eigenvalue weighted by atomic mass is 10.0. The monoisotopic (exact) mass is 399 g/mol. The number of nitrogens with zero attached hydrogens (tertiary/aromatic N) is 6. The minimum atomic E-state index is -0.888. The molecular weight excluding hydrogens is 374 g/mol. The fourth-order valence-corrected chi connectivity index (χ4v) is 3.35. The predicted octanol–water partition coefficient (Wildman–Crippen LogP) is 1.90. The zero-order valence-corrected chi connectivity index (χ0v) is 16.4. The Labute approximate surface area is 168 Å². The lowest BCUT2D eigenvalue weighted by Crippen LogP contribution is -2.33. The van der Waals surface area contributed by atoms with Crippen molar-refractivity contribution in [2.24, 2.45) is 5.73 Å². The molecule has 0 radical (unpaired) electrons. The lowest BCUT2D eigenvalue weighted by molar-refractivity contribution is 0.150. The summed E-state index contributed by atoms with van der Waals surface area (Å²) in [6, 6.07) is 3.49. The third kappa shape index (κ3) is 4.89. The van der Waals surface area contributed by atoms with Gasteiger partial charge in [0.15, 0.2) is 0 Å². The normalized spacial score (nSPS) is 16.1. The molecule has 0 spiro atoms. The van der Waals surface area contributed by atoms with E-state index < -0.39 is 6.09 Å². The van der Waals surface area contributed by atoms with E-state index in [-0.39, 0.29) is 6.03 Å². The highest BCUT2D eigenvalue weighted by molar-refractivity contribution is 5.72. The van der Waals surface area contributed by atoms with Crippen molar-refractivity contribution in [1.82, 2.24) is 29.8 Å². The fraction of sp³-hybridized carbons (Fsp3) is 0.421. The average molecular weight is 399 g/mol. The minimum absolute atomic E-state index is 0.275. The third-order valence-corrected chi connectivity index (χ3v) is 4.99. The Bertz CT molecular complexity index is 888. The van der Waals surface area contributed by atoms with Crippen LogP contribution in [0.25, 0.3) is 11.3 Å². The van der Waals surface area contributed by atoms with Crippen molar-refractivity contribution in [1.29, 1.82) is 0 Å². The Morgan fingerprint density at radius 3 is 2.45 bits per heavy atom. The van der Waals surface area contributed by atoms with Crippen LogP contribution in [0.2, 0.25) is 0 Å². The summed E-state index contributed by atoms with van der Waals surface area (Å²) in [7, 11) is 0. The summed E-state index contributed by atoms with van der Waals surface area (Å²) in [6.45, 7) is 4.54. The highest BCUT2D eigenvalue weighted by Gasteiger charge is 2.20. The summed E-state index contributed by atoms with van der Waals surface area (Å²) in [5.74, 6) is 0. The quantitative estimate of drug-likeness (QED) is 0.793. The van der Waals surface area contributed by atoms with E-state index in [1.165, 1.54) is 4.90 Å². The van der Waals surface area contributed by atoms with E-state index in [2.05, 4.69) is 15.3 Å². The first-order chi connectivity index (χ1) is 14.0. The van der Waals surface area contributed by atoms with Crippen LogP contribution >= 0.6 is 0 Å². The molecule has 3 N–H and O–H groups in total. The second kappa shape index (κ2) is 9.18. The number of primary amides is 1. The standard InChI is InChI=1S/C14H15N5O2.C5H10N2O/c1-10-13(11-4-7-18(8-5-11)14(20)21)16-17-19(10)12-3-2-6-15-9-12;6-5(8)7-3-1-2-4-7/h2-4,6,9H,5,7-8H2,1H3,(H,20,21);1-4H2,(H2,6,8). The van der Waals surface area contributed by atoms with Crippen molar-refractivity contribution in [3.63, 3.8) is 0 Å². The minimum Gasteiger partial charge on any atom is -0.465 e. The fourth-order valence-electron chi connectivity index (χ4n) is 3.35. The molecule has 4 rings (SSSR count). The van der Waals surface area contributed by atoms with Crippen LogP contribution in [-0.2, 0) is 0 Å². The van der Waals surface area contributed by atoms with Crippen molar-refractivity contribution in [2.75, 3.05) is 26.2 Å². The highest BCUT2D eigenvalue weighted by atomic mass is 16.4. The van der Waals surface area contributed by atoms with Crippen molar-refractivity contribution in [2.45, 2.75) is 26.2 Å². The maximum atomic E-state index is 10.9. The number of hydrogen-bond donors (Lipinski definition) is 2. The van der Waals surface area contributed by atoms with Gasteiger partial charge in [0.25, 0.3) is 0 Å². The van der Waals surface area contributed by atoms with E-state index in [0.717, 1.165) is 48.6 Å². The zero-order chi connectivity index (χ0) is 20.8. The molecule has 2 aromatic heterocycles. The van der Waals surface area contributed by atoms with Gasteiger partial charge in [-0.2, -0.15) is 0 Å². The third-order valence-electron chi connectivity index (χ3n) is 4.99. The Morgan fingerprint density at radius 1 is 1.17 bits per heavy atom. The molecule has 2 aliphatic heterocycles. The van der Waals surface area contributed by atoms with Crippen molar-refractivity contribution in [3.8, 4) is 5.69 Å². The largest absolute Gasteiger partial charge is 0.465 e. The van der Waals surface area contributed by atoms with Crippen LogP contribution in [0, 0.1) is 6.92 Å². The summed E-state index contributed by atoms with van der Waals surface area (Å²) in [5.41, 5.74) is 8.64. The summed E-state index contributed by atoms with van der Waals surface area (Å²) in [6.07, 6.45) is 7.33. The van der Waals surface area contributed by atoms with E-state index in [9.17, 15) is 9.59 Å². The number of aromatic nitrogens is 4. The molecule has 1 fully saturated rings. The second-order valence-electron chi connectivity index (χ2n) is 6.89. The lowest BCUT2D eigenvalue weighted by Gasteiger charge is -2.23. The number of carboxylic acid groups (broad SMARTS) is 1. The van der Waals surface area contributed by atoms with Gasteiger partial charge in [0, 0.05) is 32.4 Å². The molecule has 154 valence electrons. The first kappa shape index (κ1) is 20.3. The van der Waals surface area contributed by atoms with Crippen LogP contribution in [0.3, 0.4) is 0 Å². The first-order valence-corrected chi connectivity index (χ1v) is 9.51. The molecule has 0 unspecified atom stereocenters. The molecule has 0 atom stereocenters. The van der Waals surface area contributed by atoms with Crippen LogP contribution in [0.4, 0.5) is 9.59 Å². The number of urea groups is 1. The van der Waals surface area contributed by atoms with E-state index in [0.29, 0.717) is 19.5 Å². The number of hydrogen-bond acceptors (Lipinski definition) is 5. The number of carbonyl (C=O) groups excluding carboxylic acids is 1. The van der Waals surface area contributed by atoms with E-state index in [1.54, 1.807) is 22.0 Å². The molecule has 0 saturated carbocycles. The zero-order valence-electron chi connectivity index (χ0n) is 16.4. The Morgan fingerprint density at radius 2 is 1.93 bits per heavy atom. The maximum absolute atomic E-state index is 10.9. The van der Waals surface area contributed by atoms with Gasteiger partial charge in [-0.25, -0.2) is 14.3 Å². The van der Waals surface area contributed by atoms with Crippen molar-refractivity contribution < 1.29 is 14.7 Å². The molecule has 0 aromatic carbocycles. The SMILES string of the molecule is Cc1c(C2=CCN(C(=O)O)CC2)nnn1-c1cccnc1.NC(=O)N1CCCC1. The van der Waals surface area contributed by atoms with E-state index in [1.807, 2.05) is 25.1 Å². The molecule has 4 heterocycles. The van der Waals surface area contributed by atoms with Crippen LogP contribution in [0.15, 0.2) is 30.6 Å². The summed E-state index contributed by atoms with van der Waals surface area (Å²) in [5, 5.41) is 17.4. The van der Waals surface area contributed by atoms with Gasteiger partial charge < -0.3 is 20.6 Å². The van der Waals surface area contributed by atoms with E-state index >= 15 is 0 Å². The molecule has 0 aliphatic carbocycles. The smallest absolute Gasteiger partial charge is 0.407 e. The van der Waals surface area contributed by atoms with Crippen LogP contribution < -0.4 is 5.73 Å². The van der Waals surface area contributed by atoms with Gasteiger partial charge in [-0.3, -0.25) is 4.98 Å². The van der Waals surface area contributed by atoms with Gasteiger partial charge >= 0.3 is 12.1 Å². The van der Waals surface area contributed by atoms with Gasteiger partial charge in [0.1, 0.15) is 5.69 Å². The molecule has 3 amide bonds. The number of carbonyl (C=O) groups is 2. The first-order valence-electron chi connectivity index (χ1n) is 9.51. The van der Waals surface area contributed by atoms with Crippen molar-refractivity contribution in [3.05, 3.63) is 42.0 Å². The topological polar surface area (TPSA) is 130 Å². The number of nitrogens with two attached hydrogens (primary N) is 1. The molecule has 2 aliphatic rings. The van der Waals surface area contributed by atoms with Crippen LogP contribution in [0.5, 0.6) is 0 Å². The van der Waals surface area contributed by atoms with Crippen LogP contribution in [-0.4, -0.2) is 73.2 Å². The van der Waals surface area contributed by atoms with Crippen molar-refractivity contribution >= 4 is 17.7 Å². The van der Waals surface area contributed by atoms with Gasteiger partial charge in [-0.15, -0.1) is 5.10 Å². The highest BCUT2D eigenvalue weighted by Crippen LogP contribution is 2.24. The Balaban J connectivity index is 0.000000252. The molecule has 1 saturated heterocycles. The molecular formula is C19H25N7O3. The summed E-state index contributed by atoms with van der Waals surface area (Å²) < 4.78 is 1.74. The summed E-state index contributed by atoms with van der Waals surface area (Å²) >= 11 is 0. The number of pyridine rings is 1. The number of rotatable bonds is 2. The summed E-state index contributed by atoms with van der Waals surface area (Å²) in [4.78, 5) is 28.4. The van der Waals surface area contributed by atoms with Gasteiger partial charge in [0.2, 0.25) is 0 Å². The van der Waals surface area contributed by atoms with Gasteiger partial charge in [-0.05, 0) is 43.9 Å². The molecule has 10 nitrogen and oxygen atoms in total. The molecule has 10 heteroatoms. The van der Waals surface area contributed by atoms with Gasteiger partial charge in [0.05, 0.1) is 17.6 Å². The Hall–Kier alpha value is -3.43. The maximum Gasteiger partial charge on any atom is 0.407 e. The van der Waals surface area contributed by atoms with Gasteiger partial charge in [-0.1, -0.05) is 11.3 Å². The average Bonchev–Trinajstić information content (AvgIpc) is 3.39. The number of amides is 3. The van der Waals surface area contributed by atoms with Crippen LogP contribution in [0.1, 0.15) is 30.7 Å². The Kier molecular flexibility index (Phi) is 6.43. The predicted molar refractivity (Wildman–Crippen MR) is 106 cm³/mol. The number of likely N-dealkylation sites (tertiary alicyclic amines) is 1. The molecule has 0 bridgehead atoms. The molecule has 29 heavy (non-hydrogen) atoms. The van der Waals surface area contributed by atoms with E-state index in [4.69, 9.17) is 10.8 Å².